The molecule has 352 valence electrons. The standard InChI is InChI=1S/C53H58N2O10S2/c1-26-5-11-35(44-42(26)50-17-19-54(24-30-6-7-30)29(4)52(50,60)15-13-33(56)48(50)64-44)62-40(58)22-37-27(2)46-47(66-37)28(3)38(67-46)23-41(59)63-36-12-10-32-21-39-53(61)16-14-34(57)49-51(53,43(32)45(36)65-49)18-20-55(39)25-31-8-9-31/h5,10-12,29-31,39,48-49,60-61H,6-9,13-25H2,1-4H3/t29-,39-,48+,49+,50+,51+,52-,53-/m1/s1. The Morgan fingerprint density at radius 2 is 1.21 bits per heavy atom. The number of aliphatic hydroxyl groups is 2. The highest BCUT2D eigenvalue weighted by atomic mass is 32.1. The first-order valence-electron chi connectivity index (χ1n) is 24.7. The van der Waals surface area contributed by atoms with Crippen LogP contribution < -0.4 is 18.9 Å². The van der Waals surface area contributed by atoms with E-state index in [2.05, 4.69) is 16.7 Å². The first-order valence-corrected chi connectivity index (χ1v) is 26.3. The fourth-order valence-electron chi connectivity index (χ4n) is 14.5. The summed E-state index contributed by atoms with van der Waals surface area (Å²) in [5, 5.41) is 25.4. The van der Waals surface area contributed by atoms with E-state index in [9.17, 15) is 29.4 Å². The lowest BCUT2D eigenvalue weighted by Crippen LogP contribution is -2.76. The van der Waals surface area contributed by atoms with Crippen molar-refractivity contribution in [1.29, 1.82) is 0 Å². The molecule has 2 saturated heterocycles. The number of rotatable bonds is 10. The Balaban J connectivity index is 0.727. The second kappa shape index (κ2) is 14.7. The van der Waals surface area contributed by atoms with Crippen LogP contribution in [0.5, 0.6) is 23.0 Å². The summed E-state index contributed by atoms with van der Waals surface area (Å²) in [5.74, 6) is 1.85. The Kier molecular flexibility index (Phi) is 9.40. The number of hydrogen-bond acceptors (Lipinski definition) is 14. The van der Waals surface area contributed by atoms with Gasteiger partial charge in [0.15, 0.2) is 46.8 Å². The van der Waals surface area contributed by atoms with Gasteiger partial charge < -0.3 is 29.2 Å². The number of benzene rings is 2. The lowest BCUT2D eigenvalue weighted by molar-refractivity contribution is -0.188. The van der Waals surface area contributed by atoms with Crippen LogP contribution in [0, 0.1) is 32.6 Å². The second-order valence-corrected chi connectivity index (χ2v) is 24.0. The Labute approximate surface area is 397 Å². The smallest absolute Gasteiger partial charge is 0.316 e. The minimum absolute atomic E-state index is 0.00301. The maximum atomic E-state index is 13.9. The first-order chi connectivity index (χ1) is 32.1. The van der Waals surface area contributed by atoms with Gasteiger partial charge in [-0.1, -0.05) is 12.1 Å². The SMILES string of the molecule is Cc1ccc(OC(=O)Cc2sc3c(C)c(CC(=O)Oc4ccc5c6c4O[C@H]4C(=O)CC[C@@]7(O)[C@@H](C5)N(CC5CC5)CC[C@]647)sc3c2C)c2c1[C@]13CCN(CC4CC4)[C@H](C)[C@]1(O)CCC(=O)[C@@H]3O2. The largest absolute Gasteiger partial charge is 0.477 e. The van der Waals surface area contributed by atoms with Gasteiger partial charge in [-0.2, -0.15) is 0 Å². The van der Waals surface area contributed by atoms with Gasteiger partial charge >= 0.3 is 11.9 Å². The molecule has 0 amide bonds. The molecule has 6 fully saturated rings. The number of carbonyl (C=O) groups excluding carboxylic acids is 4. The van der Waals surface area contributed by atoms with Gasteiger partial charge in [-0.3, -0.25) is 29.0 Å². The van der Waals surface area contributed by atoms with E-state index in [1.807, 2.05) is 32.9 Å². The number of carbonyl (C=O) groups is 4. The molecule has 4 saturated carbocycles. The monoisotopic (exact) mass is 946 g/mol. The van der Waals surface area contributed by atoms with Crippen LogP contribution in [0.15, 0.2) is 24.3 Å². The molecule has 4 aliphatic heterocycles. The van der Waals surface area contributed by atoms with Gasteiger partial charge in [-0.05, 0) is 145 Å². The summed E-state index contributed by atoms with van der Waals surface area (Å²) < 4.78 is 27.4. The van der Waals surface area contributed by atoms with Crippen LogP contribution in [0.1, 0.15) is 114 Å². The highest BCUT2D eigenvalue weighted by Gasteiger charge is 2.74. The zero-order valence-electron chi connectivity index (χ0n) is 38.7. The maximum absolute atomic E-state index is 13.9. The third-order valence-corrected chi connectivity index (χ3v) is 21.2. The van der Waals surface area contributed by atoms with E-state index in [1.165, 1.54) is 48.4 Å². The third-order valence-electron chi connectivity index (χ3n) is 18.3. The fourth-order valence-corrected chi connectivity index (χ4v) is 17.3. The summed E-state index contributed by atoms with van der Waals surface area (Å²) in [4.78, 5) is 61.6. The van der Waals surface area contributed by atoms with Crippen molar-refractivity contribution in [1.82, 2.24) is 9.80 Å². The van der Waals surface area contributed by atoms with Gasteiger partial charge in [-0.15, -0.1) is 22.7 Å². The topological polar surface area (TPSA) is 152 Å². The lowest BCUT2D eigenvalue weighted by Gasteiger charge is -2.62. The number of thiophene rings is 2. The number of piperidine rings is 2. The molecular formula is C53H58N2O10S2. The maximum Gasteiger partial charge on any atom is 0.316 e. The van der Waals surface area contributed by atoms with Gasteiger partial charge in [0.1, 0.15) is 0 Å². The number of esters is 2. The van der Waals surface area contributed by atoms with Crippen molar-refractivity contribution < 1.29 is 48.3 Å². The van der Waals surface area contributed by atoms with E-state index in [0.29, 0.717) is 61.2 Å². The molecule has 2 aromatic heterocycles. The van der Waals surface area contributed by atoms with Gasteiger partial charge in [0.05, 0.1) is 34.9 Å². The van der Waals surface area contributed by atoms with E-state index in [0.717, 1.165) is 78.7 Å². The molecule has 2 spiro atoms. The Hall–Kier alpha value is -4.18. The molecule has 9 aliphatic rings. The number of ketones is 2. The normalized spacial score (nSPS) is 33.7. The summed E-state index contributed by atoms with van der Waals surface area (Å²) >= 11 is 3.05. The first kappa shape index (κ1) is 42.9. The number of Topliss-reactive ketones (excluding diaryl/α,β-unsaturated/α-hetero) is 2. The van der Waals surface area contributed by atoms with Crippen LogP contribution in [0.2, 0.25) is 0 Å². The molecule has 4 aromatic rings. The summed E-state index contributed by atoms with van der Waals surface area (Å²) in [6.45, 7) is 11.6. The summed E-state index contributed by atoms with van der Waals surface area (Å²) in [6.07, 6.45) is 6.53. The van der Waals surface area contributed by atoms with Crippen LogP contribution in [0.3, 0.4) is 0 Å². The Bertz CT molecular complexity index is 2860. The average Bonchev–Trinajstić information content (AvgIpc) is 4.18. The number of nitrogens with zero attached hydrogens (tertiary/aromatic N) is 2. The average molecular weight is 947 g/mol. The fraction of sp³-hybridized carbons (Fsp3) is 0.585. The van der Waals surface area contributed by atoms with Crippen LogP contribution in [-0.4, -0.2) is 105 Å². The summed E-state index contributed by atoms with van der Waals surface area (Å²) in [7, 11) is 0. The number of hydrogen-bond donors (Lipinski definition) is 2. The predicted octanol–water partition coefficient (Wildman–Crippen LogP) is 6.91. The zero-order valence-corrected chi connectivity index (χ0v) is 40.3. The van der Waals surface area contributed by atoms with Crippen LogP contribution >= 0.6 is 22.7 Å². The minimum Gasteiger partial charge on any atom is -0.477 e. The molecule has 67 heavy (non-hydrogen) atoms. The van der Waals surface area contributed by atoms with Crippen molar-refractivity contribution in [2.24, 2.45) is 11.8 Å². The van der Waals surface area contributed by atoms with Gasteiger partial charge in [0, 0.05) is 68.3 Å². The quantitative estimate of drug-likeness (QED) is 0.126. The number of likely N-dealkylation sites (tertiary alicyclic amines) is 2. The summed E-state index contributed by atoms with van der Waals surface area (Å²) in [5.41, 5.74) is 1.52. The third kappa shape index (κ3) is 5.89. The number of fused-ring (bicyclic) bond motifs is 2. The van der Waals surface area contributed by atoms with Crippen LogP contribution in [0.25, 0.3) is 9.40 Å². The molecular weight excluding hydrogens is 889 g/mol. The molecule has 5 aliphatic carbocycles. The van der Waals surface area contributed by atoms with E-state index in [4.69, 9.17) is 18.9 Å². The zero-order chi connectivity index (χ0) is 46.1. The molecule has 12 nitrogen and oxygen atoms in total. The van der Waals surface area contributed by atoms with Gasteiger partial charge in [-0.25, -0.2) is 0 Å². The second-order valence-electron chi connectivity index (χ2n) is 21.8. The van der Waals surface area contributed by atoms with Crippen molar-refractivity contribution in [2.75, 3.05) is 26.2 Å². The van der Waals surface area contributed by atoms with Crippen LogP contribution in [-0.2, 0) is 49.3 Å². The summed E-state index contributed by atoms with van der Waals surface area (Å²) in [6, 6.07) is 7.23. The van der Waals surface area contributed by atoms with Crippen molar-refractivity contribution in [2.45, 2.75) is 157 Å². The van der Waals surface area contributed by atoms with E-state index >= 15 is 0 Å². The van der Waals surface area contributed by atoms with Crippen molar-refractivity contribution in [3.8, 4) is 23.0 Å². The highest BCUT2D eigenvalue weighted by molar-refractivity contribution is 7.28. The molecule has 0 unspecified atom stereocenters. The van der Waals surface area contributed by atoms with E-state index in [1.54, 1.807) is 12.1 Å². The molecule has 6 heterocycles. The molecule has 2 bridgehead atoms. The van der Waals surface area contributed by atoms with Gasteiger partial charge in [0.2, 0.25) is 0 Å². The van der Waals surface area contributed by atoms with Crippen molar-refractivity contribution in [3.63, 3.8) is 0 Å². The Morgan fingerprint density at radius 1 is 0.701 bits per heavy atom. The van der Waals surface area contributed by atoms with E-state index in [-0.39, 0.29) is 55.1 Å². The van der Waals surface area contributed by atoms with E-state index < -0.39 is 46.2 Å². The minimum atomic E-state index is -1.18. The molecule has 8 atom stereocenters. The number of aryl methyl sites for hydroxylation is 3. The molecule has 2 N–H and O–H groups in total. The van der Waals surface area contributed by atoms with Crippen molar-refractivity contribution >= 4 is 55.6 Å². The Morgan fingerprint density at radius 3 is 1.79 bits per heavy atom. The molecule has 14 heteroatoms. The lowest BCUT2D eigenvalue weighted by atomic mass is 9.49. The molecule has 2 aromatic carbocycles. The number of ether oxygens (including phenoxy) is 4. The van der Waals surface area contributed by atoms with Gasteiger partial charge in [0.25, 0.3) is 0 Å². The molecule has 13 rings (SSSR count). The molecule has 0 radical (unpaired) electrons. The highest BCUT2D eigenvalue weighted by Crippen LogP contribution is 2.66. The van der Waals surface area contributed by atoms with Crippen molar-refractivity contribution in [3.05, 3.63) is 67.4 Å². The predicted molar refractivity (Wildman–Crippen MR) is 251 cm³/mol. The van der Waals surface area contributed by atoms with Crippen LogP contribution in [0.4, 0.5) is 0 Å².